The molecule has 1 unspecified atom stereocenters. The van der Waals surface area contributed by atoms with Gasteiger partial charge in [0.15, 0.2) is 0 Å². The van der Waals surface area contributed by atoms with Gasteiger partial charge in [0.1, 0.15) is 11.6 Å². The van der Waals surface area contributed by atoms with E-state index < -0.39 is 31.8 Å². The first kappa shape index (κ1) is 35.2. The molecule has 218 valence electrons. The van der Waals surface area contributed by atoms with Crippen LogP contribution in [0.5, 0.6) is 0 Å². The molecule has 0 saturated heterocycles. The van der Waals surface area contributed by atoms with E-state index in [1.807, 2.05) is 0 Å². The van der Waals surface area contributed by atoms with Gasteiger partial charge >= 0.3 is 12.1 Å². The molecule has 0 rings (SSSR count). The Bertz CT molecular complexity index is 654. The quantitative estimate of drug-likeness (QED) is 0.121. The van der Waals surface area contributed by atoms with Crippen LogP contribution in [0.15, 0.2) is 0 Å². The summed E-state index contributed by atoms with van der Waals surface area (Å²) in [6, 6.07) is -0.129. The molecule has 5 N–H and O–H groups in total. The van der Waals surface area contributed by atoms with E-state index in [2.05, 4.69) is 30.3 Å². The molecule has 0 heterocycles. The number of carboxylic acids is 1. The van der Waals surface area contributed by atoms with Gasteiger partial charge < -0.3 is 45.2 Å². The fourth-order valence-electron chi connectivity index (χ4n) is 2.83. The number of amides is 2. The number of alkyl carbamates (subject to hydrolysis) is 1. The Hall–Kier alpha value is -1.77. The largest absolute Gasteiger partial charge is 0.481 e. The number of nitrogens with one attached hydrogen (secondary N) is 2. The summed E-state index contributed by atoms with van der Waals surface area (Å²) in [5.74, 6) is -1.27. The number of rotatable bonds is 21. The SMILES string of the molecule is CC(C)(C)OC(=O)N[C@H](CN)C(=O)NC(CC[Si](C)(C)C)COCCOCCOCCOCCC(=O)O. The zero-order valence-corrected chi connectivity index (χ0v) is 24.4. The van der Waals surface area contributed by atoms with Gasteiger partial charge in [0.25, 0.3) is 0 Å². The van der Waals surface area contributed by atoms with Gasteiger partial charge in [0.05, 0.1) is 65.3 Å². The van der Waals surface area contributed by atoms with Crippen LogP contribution in [0.2, 0.25) is 25.7 Å². The summed E-state index contributed by atoms with van der Waals surface area (Å²) < 4.78 is 26.9. The zero-order chi connectivity index (χ0) is 28.3. The van der Waals surface area contributed by atoms with E-state index in [9.17, 15) is 14.4 Å². The van der Waals surface area contributed by atoms with Crippen LogP contribution in [-0.2, 0) is 33.3 Å². The van der Waals surface area contributed by atoms with E-state index in [0.717, 1.165) is 12.5 Å². The lowest BCUT2D eigenvalue weighted by atomic mass is 10.2. The van der Waals surface area contributed by atoms with Gasteiger partial charge in [-0.15, -0.1) is 0 Å². The second-order valence-corrected chi connectivity index (χ2v) is 16.4. The monoisotopic (exact) mass is 551 g/mol. The van der Waals surface area contributed by atoms with Gasteiger partial charge in [-0.05, 0) is 27.2 Å². The molecule has 0 aliphatic carbocycles. The molecule has 0 aromatic rings. The summed E-state index contributed by atoms with van der Waals surface area (Å²) in [6.07, 6.45) is 0.0383. The first-order chi connectivity index (χ1) is 17.2. The molecule has 2 amide bonds. The van der Waals surface area contributed by atoms with Crippen molar-refractivity contribution in [3.63, 3.8) is 0 Å². The van der Waals surface area contributed by atoms with Crippen molar-refractivity contribution in [3.8, 4) is 0 Å². The van der Waals surface area contributed by atoms with Crippen LogP contribution in [0.3, 0.4) is 0 Å². The van der Waals surface area contributed by atoms with Gasteiger partial charge in [0, 0.05) is 14.6 Å². The summed E-state index contributed by atoms with van der Waals surface area (Å²) in [5, 5.41) is 14.0. The Labute approximate surface area is 222 Å². The van der Waals surface area contributed by atoms with Gasteiger partial charge in [-0.3, -0.25) is 9.59 Å². The minimum Gasteiger partial charge on any atom is -0.481 e. The molecule has 0 aliphatic heterocycles. The Kier molecular flexibility index (Phi) is 18.4. The topological polar surface area (TPSA) is 168 Å². The molecule has 37 heavy (non-hydrogen) atoms. The molecule has 12 nitrogen and oxygen atoms in total. The molecule has 0 aliphatic rings. The van der Waals surface area contributed by atoms with Crippen molar-refractivity contribution in [2.24, 2.45) is 5.73 Å². The maximum absolute atomic E-state index is 12.8. The summed E-state index contributed by atoms with van der Waals surface area (Å²) in [5.41, 5.74) is 5.04. The van der Waals surface area contributed by atoms with Crippen LogP contribution in [0, 0.1) is 0 Å². The lowest BCUT2D eigenvalue weighted by Gasteiger charge is -2.26. The van der Waals surface area contributed by atoms with E-state index in [-0.39, 0.29) is 31.5 Å². The Morgan fingerprint density at radius 3 is 1.84 bits per heavy atom. The lowest BCUT2D eigenvalue weighted by Crippen LogP contribution is -2.54. The highest BCUT2D eigenvalue weighted by molar-refractivity contribution is 6.76. The molecule has 13 heteroatoms. The van der Waals surface area contributed by atoms with Crippen molar-refractivity contribution in [2.45, 2.75) is 77.0 Å². The number of hydrogen-bond donors (Lipinski definition) is 4. The van der Waals surface area contributed by atoms with Crippen molar-refractivity contribution in [1.29, 1.82) is 0 Å². The fourth-order valence-corrected chi connectivity index (χ4v) is 4.05. The zero-order valence-electron chi connectivity index (χ0n) is 23.4. The van der Waals surface area contributed by atoms with Gasteiger partial charge in [-0.1, -0.05) is 25.7 Å². The molecule has 0 spiro atoms. The fraction of sp³-hybridized carbons (Fsp3) is 0.875. The molecular formula is C24H49N3O9Si. The Morgan fingerprint density at radius 1 is 0.865 bits per heavy atom. The van der Waals surface area contributed by atoms with Crippen molar-refractivity contribution in [2.75, 3.05) is 59.4 Å². The van der Waals surface area contributed by atoms with Crippen LogP contribution in [0.25, 0.3) is 0 Å². The molecule has 0 fully saturated rings. The van der Waals surface area contributed by atoms with Crippen LogP contribution < -0.4 is 16.4 Å². The number of nitrogens with two attached hydrogens (primary N) is 1. The molecule has 0 saturated carbocycles. The molecule has 0 bridgehead atoms. The maximum atomic E-state index is 12.8. The summed E-state index contributed by atoms with van der Waals surface area (Å²) in [4.78, 5) is 35.2. The molecule has 0 aromatic heterocycles. The smallest absolute Gasteiger partial charge is 0.408 e. The highest BCUT2D eigenvalue weighted by Gasteiger charge is 2.26. The number of ether oxygens (including phenoxy) is 5. The minimum absolute atomic E-state index is 0.0254. The predicted octanol–water partition coefficient (Wildman–Crippen LogP) is 1.59. The first-order valence-corrected chi connectivity index (χ1v) is 16.5. The number of carboxylic acid groups (broad SMARTS) is 1. The van der Waals surface area contributed by atoms with Gasteiger partial charge in [-0.25, -0.2) is 4.79 Å². The summed E-state index contributed by atoms with van der Waals surface area (Å²) in [7, 11) is -1.34. The van der Waals surface area contributed by atoms with Crippen molar-refractivity contribution in [1.82, 2.24) is 10.6 Å². The molecular weight excluding hydrogens is 502 g/mol. The third-order valence-electron chi connectivity index (χ3n) is 4.73. The van der Waals surface area contributed by atoms with Crippen molar-refractivity contribution >= 4 is 26.0 Å². The average molecular weight is 552 g/mol. The Balaban J connectivity index is 4.33. The van der Waals surface area contributed by atoms with Crippen LogP contribution in [0.1, 0.15) is 33.6 Å². The number of aliphatic carboxylic acids is 1. The van der Waals surface area contributed by atoms with E-state index in [0.29, 0.717) is 46.2 Å². The standard InChI is InChI=1S/C24H49N3O9Si/c1-24(2,3)36-23(31)27-20(17-25)22(30)26-19(8-16-37(4,5)6)18-35-15-14-34-13-12-33-11-10-32-9-7-21(28)29/h19-20H,7-18,25H2,1-6H3,(H,26,30)(H,27,31)(H,28,29)/t19?,20-/m1/s1. The van der Waals surface area contributed by atoms with E-state index >= 15 is 0 Å². The minimum atomic E-state index is -1.34. The third kappa shape index (κ3) is 23.1. The predicted molar refractivity (Wildman–Crippen MR) is 142 cm³/mol. The van der Waals surface area contributed by atoms with E-state index in [1.54, 1.807) is 20.8 Å². The van der Waals surface area contributed by atoms with Crippen molar-refractivity contribution < 1.29 is 43.2 Å². The highest BCUT2D eigenvalue weighted by Crippen LogP contribution is 2.13. The molecule has 2 atom stereocenters. The molecule has 0 radical (unpaired) electrons. The number of carbonyl (C=O) groups excluding carboxylic acids is 2. The first-order valence-electron chi connectivity index (χ1n) is 12.8. The molecule has 0 aromatic carbocycles. The van der Waals surface area contributed by atoms with Gasteiger partial charge in [0.2, 0.25) is 5.91 Å². The third-order valence-corrected chi connectivity index (χ3v) is 6.52. The van der Waals surface area contributed by atoms with Crippen LogP contribution in [0.4, 0.5) is 4.79 Å². The lowest BCUT2D eigenvalue weighted by molar-refractivity contribution is -0.138. The van der Waals surface area contributed by atoms with E-state index in [4.69, 9.17) is 34.5 Å². The second kappa shape index (κ2) is 19.3. The highest BCUT2D eigenvalue weighted by atomic mass is 28.3. The van der Waals surface area contributed by atoms with E-state index in [1.165, 1.54) is 0 Å². The summed E-state index contributed by atoms with van der Waals surface area (Å²) in [6.45, 7) is 14.6. The number of hydrogen-bond acceptors (Lipinski definition) is 9. The normalized spacial score (nSPS) is 13.6. The summed E-state index contributed by atoms with van der Waals surface area (Å²) >= 11 is 0. The van der Waals surface area contributed by atoms with Gasteiger partial charge in [-0.2, -0.15) is 0 Å². The number of carbonyl (C=O) groups is 3. The second-order valence-electron chi connectivity index (χ2n) is 10.8. The van der Waals surface area contributed by atoms with Crippen LogP contribution in [-0.4, -0.2) is 108 Å². The Morgan fingerprint density at radius 2 is 1.38 bits per heavy atom. The van der Waals surface area contributed by atoms with Crippen molar-refractivity contribution in [3.05, 3.63) is 0 Å². The average Bonchev–Trinajstić information content (AvgIpc) is 2.76. The maximum Gasteiger partial charge on any atom is 0.408 e. The van der Waals surface area contributed by atoms with Crippen LogP contribution >= 0.6 is 0 Å².